The Morgan fingerprint density at radius 2 is 1.09 bits per heavy atom. The van der Waals surface area contributed by atoms with Crippen molar-refractivity contribution in [1.82, 2.24) is 0 Å². The van der Waals surface area contributed by atoms with Crippen LogP contribution in [0.4, 0.5) is 17.6 Å². The number of ether oxygens (including phenoxy) is 4. The molecule has 8 nitrogen and oxygen atoms in total. The number of halogens is 4. The Morgan fingerprint density at radius 3 is 1.40 bits per heavy atom. The lowest BCUT2D eigenvalue weighted by molar-refractivity contribution is -0.184. The van der Waals surface area contributed by atoms with E-state index < -0.39 is 60.1 Å². The van der Waals surface area contributed by atoms with E-state index in [0.717, 1.165) is 70.6 Å². The molecule has 0 aromatic carbocycles. The molecule has 0 spiro atoms. The maximum atomic E-state index is 12.7. The maximum absolute atomic E-state index is 12.7. The van der Waals surface area contributed by atoms with Gasteiger partial charge in [-0.05, 0) is 94.3 Å². The number of carbonyl (C=O) groups is 4. The second kappa shape index (κ2) is 14.1. The predicted molar refractivity (Wildman–Crippen MR) is 146 cm³/mol. The van der Waals surface area contributed by atoms with Crippen LogP contribution in [-0.4, -0.2) is 60.1 Å². The maximum Gasteiger partial charge on any atom is 0.377 e. The molecule has 4 rings (SSSR count). The quantitative estimate of drug-likeness (QED) is 0.129. The van der Waals surface area contributed by atoms with E-state index in [1.54, 1.807) is 0 Å². The molecule has 246 valence electrons. The van der Waals surface area contributed by atoms with E-state index in [1.165, 1.54) is 12.8 Å². The summed E-state index contributed by atoms with van der Waals surface area (Å²) >= 11 is 0. The standard InChI is InChI=1S/C16H24F2O4.C15H22F2O4/c1-3-4-7-16(9-11-5-6-12(16)8-11)22-13(19)10-21-14(20)15(2,17)18;1-3-6-15(8-10-4-5-11(15)7-10)21-12(18)9-20-13(19)14(2,16)17/h11-12H,3-10H2,1-2H3;10-11H,3-9H2,1-2H3. The molecule has 6 atom stereocenters. The lowest BCUT2D eigenvalue weighted by Gasteiger charge is -2.37. The third kappa shape index (κ3) is 9.06. The van der Waals surface area contributed by atoms with Crippen molar-refractivity contribution in [3.8, 4) is 0 Å². The number of carbonyl (C=O) groups excluding carboxylic acids is 4. The van der Waals surface area contributed by atoms with Crippen LogP contribution in [0.3, 0.4) is 0 Å². The van der Waals surface area contributed by atoms with Crippen LogP contribution < -0.4 is 0 Å². The second-order valence-corrected chi connectivity index (χ2v) is 13.0. The number of hydrogen-bond acceptors (Lipinski definition) is 8. The minimum Gasteiger partial charge on any atom is -0.456 e. The van der Waals surface area contributed by atoms with E-state index in [4.69, 9.17) is 9.47 Å². The van der Waals surface area contributed by atoms with Crippen LogP contribution in [0.1, 0.15) is 111 Å². The average molecular weight is 623 g/mol. The molecule has 0 saturated heterocycles. The molecule has 0 amide bonds. The van der Waals surface area contributed by atoms with E-state index in [0.29, 0.717) is 37.5 Å². The van der Waals surface area contributed by atoms with Crippen molar-refractivity contribution < 1.29 is 55.7 Å². The van der Waals surface area contributed by atoms with Crippen molar-refractivity contribution in [2.45, 2.75) is 134 Å². The smallest absolute Gasteiger partial charge is 0.377 e. The fraction of sp³-hybridized carbons (Fsp3) is 0.871. The Kier molecular flexibility index (Phi) is 11.5. The van der Waals surface area contributed by atoms with Crippen molar-refractivity contribution in [2.24, 2.45) is 23.7 Å². The van der Waals surface area contributed by atoms with Gasteiger partial charge >= 0.3 is 35.7 Å². The molecule has 4 bridgehead atoms. The number of alkyl halides is 4. The van der Waals surface area contributed by atoms with Gasteiger partial charge in [-0.1, -0.05) is 26.7 Å². The predicted octanol–water partition coefficient (Wildman–Crippen LogP) is 6.56. The number of fused-ring (bicyclic) bond motifs is 4. The van der Waals surface area contributed by atoms with E-state index in [2.05, 4.69) is 16.4 Å². The first-order valence-corrected chi connectivity index (χ1v) is 15.6. The first kappa shape index (κ1) is 35.1. The highest BCUT2D eigenvalue weighted by molar-refractivity contribution is 5.81. The highest BCUT2D eigenvalue weighted by Crippen LogP contribution is 2.55. The van der Waals surface area contributed by atoms with Gasteiger partial charge in [0.05, 0.1) is 0 Å². The molecule has 4 aliphatic carbocycles. The van der Waals surface area contributed by atoms with Crippen LogP contribution in [0, 0.1) is 23.7 Å². The third-order valence-corrected chi connectivity index (χ3v) is 9.46. The van der Waals surface area contributed by atoms with Gasteiger partial charge in [-0.3, -0.25) is 0 Å². The van der Waals surface area contributed by atoms with Gasteiger partial charge in [0.2, 0.25) is 0 Å². The Morgan fingerprint density at radius 1 is 0.674 bits per heavy atom. The number of unbranched alkanes of at least 4 members (excludes halogenated alkanes) is 1. The Bertz CT molecular complexity index is 1010. The van der Waals surface area contributed by atoms with E-state index in [1.807, 2.05) is 6.92 Å². The van der Waals surface area contributed by atoms with Crippen LogP contribution >= 0.6 is 0 Å². The number of rotatable bonds is 13. The minimum absolute atomic E-state index is 0.356. The summed E-state index contributed by atoms with van der Waals surface area (Å²) in [5, 5.41) is 0. The summed E-state index contributed by atoms with van der Waals surface area (Å²) in [4.78, 5) is 45.7. The molecule has 0 N–H and O–H groups in total. The summed E-state index contributed by atoms with van der Waals surface area (Å²) < 4.78 is 70.6. The summed E-state index contributed by atoms with van der Waals surface area (Å²) in [6, 6.07) is 0. The Hall–Kier alpha value is -2.40. The Balaban J connectivity index is 0.000000236. The topological polar surface area (TPSA) is 105 Å². The van der Waals surface area contributed by atoms with E-state index in [-0.39, 0.29) is 0 Å². The zero-order chi connectivity index (χ0) is 32.1. The number of hydrogen-bond donors (Lipinski definition) is 0. The first-order valence-electron chi connectivity index (χ1n) is 15.6. The molecule has 0 aliphatic heterocycles. The molecule has 0 heterocycles. The van der Waals surface area contributed by atoms with E-state index in [9.17, 15) is 36.7 Å². The van der Waals surface area contributed by atoms with Gasteiger partial charge in [-0.15, -0.1) is 0 Å². The van der Waals surface area contributed by atoms with Gasteiger partial charge in [0.15, 0.2) is 13.2 Å². The summed E-state index contributed by atoms with van der Waals surface area (Å²) in [6.45, 7) is 3.50. The molecule has 4 saturated carbocycles. The van der Waals surface area contributed by atoms with Gasteiger partial charge < -0.3 is 18.9 Å². The van der Waals surface area contributed by atoms with Crippen LogP contribution in [-0.2, 0) is 38.1 Å². The third-order valence-electron chi connectivity index (χ3n) is 9.46. The highest BCUT2D eigenvalue weighted by atomic mass is 19.3. The van der Waals surface area contributed by atoms with Crippen LogP contribution in [0.2, 0.25) is 0 Å². The van der Waals surface area contributed by atoms with Crippen molar-refractivity contribution >= 4 is 23.9 Å². The molecule has 4 fully saturated rings. The van der Waals surface area contributed by atoms with Crippen LogP contribution in [0.25, 0.3) is 0 Å². The molecular weight excluding hydrogens is 576 g/mol. The molecule has 43 heavy (non-hydrogen) atoms. The fourth-order valence-electron chi connectivity index (χ4n) is 7.67. The molecule has 0 aromatic rings. The van der Waals surface area contributed by atoms with Crippen molar-refractivity contribution in [1.29, 1.82) is 0 Å². The molecule has 0 aromatic heterocycles. The van der Waals surface area contributed by atoms with E-state index >= 15 is 0 Å². The summed E-state index contributed by atoms with van der Waals surface area (Å²) in [7, 11) is 0. The van der Waals surface area contributed by atoms with Crippen molar-refractivity contribution in [3.05, 3.63) is 0 Å². The summed E-state index contributed by atoms with van der Waals surface area (Å²) in [5.74, 6) is -10.1. The lowest BCUT2D eigenvalue weighted by atomic mass is 9.80. The minimum atomic E-state index is -3.59. The normalized spacial score (nSPS) is 30.8. The van der Waals surface area contributed by atoms with Crippen LogP contribution in [0.5, 0.6) is 0 Å². The molecule has 4 aliphatic rings. The highest BCUT2D eigenvalue weighted by Gasteiger charge is 2.54. The first-order chi connectivity index (χ1) is 20.0. The Labute approximate surface area is 250 Å². The van der Waals surface area contributed by atoms with Crippen LogP contribution in [0.15, 0.2) is 0 Å². The second-order valence-electron chi connectivity index (χ2n) is 13.0. The number of esters is 4. The molecule has 0 radical (unpaired) electrons. The summed E-state index contributed by atoms with van der Waals surface area (Å²) in [5.41, 5.74) is -0.951. The SMILES string of the molecule is CCCC1(OC(=O)COC(=O)C(C)(F)F)CC2CCC1C2.CCCCC1(OC(=O)COC(=O)C(C)(F)F)CC2CCC1C2. The average Bonchev–Trinajstić information content (AvgIpc) is 3.70. The van der Waals surface area contributed by atoms with Gasteiger partial charge in [-0.2, -0.15) is 17.6 Å². The van der Waals surface area contributed by atoms with Gasteiger partial charge in [0.1, 0.15) is 11.2 Å². The molecule has 12 heteroatoms. The summed E-state index contributed by atoms with van der Waals surface area (Å²) in [6.07, 6.45) is 12.7. The fourth-order valence-corrected chi connectivity index (χ4v) is 7.67. The van der Waals surface area contributed by atoms with Gasteiger partial charge in [0, 0.05) is 13.8 Å². The molecular formula is C31H46F4O8. The largest absolute Gasteiger partial charge is 0.456 e. The van der Waals surface area contributed by atoms with Crippen molar-refractivity contribution in [3.63, 3.8) is 0 Å². The van der Waals surface area contributed by atoms with Gasteiger partial charge in [-0.25, -0.2) is 19.2 Å². The van der Waals surface area contributed by atoms with Gasteiger partial charge in [0.25, 0.3) is 0 Å². The monoisotopic (exact) mass is 622 g/mol. The zero-order valence-corrected chi connectivity index (χ0v) is 25.7. The zero-order valence-electron chi connectivity index (χ0n) is 25.7. The van der Waals surface area contributed by atoms with Crippen molar-refractivity contribution in [2.75, 3.05) is 13.2 Å². The lowest BCUT2D eigenvalue weighted by Crippen LogP contribution is -2.42. The molecule has 6 unspecified atom stereocenters.